The van der Waals surface area contributed by atoms with Gasteiger partial charge in [-0.1, -0.05) is 17.7 Å². The monoisotopic (exact) mass is 230 g/mol. The minimum atomic E-state index is -0.379. The SMILES string of the molecule is CC(N)CCNCc1ccc(F)c(Cl)c1. The Kier molecular flexibility index (Phi) is 5.02. The zero-order chi connectivity index (χ0) is 11.3. The Morgan fingerprint density at radius 1 is 1.53 bits per heavy atom. The van der Waals surface area contributed by atoms with Gasteiger partial charge in [0.25, 0.3) is 0 Å². The number of nitrogens with two attached hydrogens (primary N) is 1. The molecule has 4 heteroatoms. The molecule has 0 aliphatic carbocycles. The largest absolute Gasteiger partial charge is 0.328 e. The van der Waals surface area contributed by atoms with Crippen LogP contribution in [0.15, 0.2) is 18.2 Å². The summed E-state index contributed by atoms with van der Waals surface area (Å²) in [5, 5.41) is 3.39. The second kappa shape index (κ2) is 6.05. The molecule has 1 atom stereocenters. The number of benzene rings is 1. The summed E-state index contributed by atoms with van der Waals surface area (Å²) in [6.45, 7) is 3.51. The van der Waals surface area contributed by atoms with Gasteiger partial charge in [0.2, 0.25) is 0 Å². The molecule has 1 aromatic rings. The van der Waals surface area contributed by atoms with E-state index in [1.165, 1.54) is 6.07 Å². The summed E-state index contributed by atoms with van der Waals surface area (Å²) in [4.78, 5) is 0. The molecular formula is C11H16ClFN2. The van der Waals surface area contributed by atoms with Crippen LogP contribution in [0.2, 0.25) is 5.02 Å². The third-order valence-corrected chi connectivity index (χ3v) is 2.38. The second-order valence-electron chi connectivity index (χ2n) is 3.69. The molecule has 0 fully saturated rings. The normalized spacial score (nSPS) is 12.8. The van der Waals surface area contributed by atoms with Crippen molar-refractivity contribution in [2.24, 2.45) is 5.73 Å². The van der Waals surface area contributed by atoms with Gasteiger partial charge in [-0.15, -0.1) is 0 Å². The van der Waals surface area contributed by atoms with Crippen LogP contribution in [0.4, 0.5) is 4.39 Å². The van der Waals surface area contributed by atoms with Gasteiger partial charge in [0.05, 0.1) is 5.02 Å². The van der Waals surface area contributed by atoms with Crippen LogP contribution < -0.4 is 11.1 Å². The minimum absolute atomic E-state index is 0.168. The molecule has 15 heavy (non-hydrogen) atoms. The Labute approximate surface area is 94.6 Å². The Balaban J connectivity index is 2.35. The van der Waals surface area contributed by atoms with Gasteiger partial charge in [0.1, 0.15) is 5.82 Å². The molecule has 84 valence electrons. The molecule has 1 rings (SSSR count). The predicted molar refractivity (Wildman–Crippen MR) is 61.4 cm³/mol. The van der Waals surface area contributed by atoms with Crippen LogP contribution in [0.1, 0.15) is 18.9 Å². The Bertz CT molecular complexity index is 315. The van der Waals surface area contributed by atoms with E-state index in [2.05, 4.69) is 5.32 Å². The molecule has 0 aliphatic heterocycles. The van der Waals surface area contributed by atoms with Crippen molar-refractivity contribution >= 4 is 11.6 Å². The summed E-state index contributed by atoms with van der Waals surface area (Å²) < 4.78 is 12.8. The van der Waals surface area contributed by atoms with Gasteiger partial charge < -0.3 is 11.1 Å². The maximum Gasteiger partial charge on any atom is 0.141 e. The van der Waals surface area contributed by atoms with Crippen molar-refractivity contribution in [2.45, 2.75) is 25.9 Å². The van der Waals surface area contributed by atoms with Crippen molar-refractivity contribution < 1.29 is 4.39 Å². The molecule has 0 saturated carbocycles. The van der Waals surface area contributed by atoms with Crippen LogP contribution in [0.3, 0.4) is 0 Å². The first-order valence-corrected chi connectivity index (χ1v) is 5.37. The molecule has 0 aromatic heterocycles. The third kappa shape index (κ3) is 4.60. The number of rotatable bonds is 5. The highest BCUT2D eigenvalue weighted by molar-refractivity contribution is 6.30. The lowest BCUT2D eigenvalue weighted by Gasteiger charge is -2.07. The molecule has 1 aromatic carbocycles. The highest BCUT2D eigenvalue weighted by Gasteiger charge is 2.00. The first-order valence-electron chi connectivity index (χ1n) is 5.00. The van der Waals surface area contributed by atoms with E-state index < -0.39 is 0 Å². The number of hydrogen-bond acceptors (Lipinski definition) is 2. The van der Waals surface area contributed by atoms with Crippen molar-refractivity contribution in [2.75, 3.05) is 6.54 Å². The quantitative estimate of drug-likeness (QED) is 0.762. The highest BCUT2D eigenvalue weighted by atomic mass is 35.5. The number of nitrogens with one attached hydrogen (secondary N) is 1. The number of halogens is 2. The molecule has 0 aliphatic rings. The van der Waals surface area contributed by atoms with Crippen LogP contribution >= 0.6 is 11.6 Å². The third-order valence-electron chi connectivity index (χ3n) is 2.09. The standard InChI is InChI=1S/C11H16ClFN2/c1-8(14)4-5-15-7-9-2-3-11(13)10(12)6-9/h2-3,6,8,15H,4-5,7,14H2,1H3. The Morgan fingerprint density at radius 3 is 2.87 bits per heavy atom. The first kappa shape index (κ1) is 12.4. The van der Waals surface area contributed by atoms with Crippen LogP contribution in [0.25, 0.3) is 0 Å². The van der Waals surface area contributed by atoms with Gasteiger partial charge in [-0.05, 0) is 37.6 Å². The lowest BCUT2D eigenvalue weighted by molar-refractivity contribution is 0.587. The first-order chi connectivity index (χ1) is 7.09. The Morgan fingerprint density at radius 2 is 2.27 bits per heavy atom. The van der Waals surface area contributed by atoms with E-state index in [-0.39, 0.29) is 16.9 Å². The highest BCUT2D eigenvalue weighted by Crippen LogP contribution is 2.15. The zero-order valence-corrected chi connectivity index (χ0v) is 9.52. The van der Waals surface area contributed by atoms with Crippen LogP contribution in [0, 0.1) is 5.82 Å². The summed E-state index contributed by atoms with van der Waals surface area (Å²) in [6, 6.07) is 4.94. The van der Waals surface area contributed by atoms with Crippen molar-refractivity contribution in [3.8, 4) is 0 Å². The average Bonchev–Trinajstić information content (AvgIpc) is 2.18. The molecule has 0 bridgehead atoms. The minimum Gasteiger partial charge on any atom is -0.328 e. The van der Waals surface area contributed by atoms with Gasteiger partial charge in [0.15, 0.2) is 0 Å². The number of hydrogen-bond donors (Lipinski definition) is 2. The molecule has 0 spiro atoms. The Hall–Kier alpha value is -0.640. The van der Waals surface area contributed by atoms with E-state index in [0.717, 1.165) is 18.5 Å². The molecule has 0 amide bonds. The van der Waals surface area contributed by atoms with Gasteiger partial charge in [-0.2, -0.15) is 0 Å². The van der Waals surface area contributed by atoms with Gasteiger partial charge >= 0.3 is 0 Å². The molecule has 0 saturated heterocycles. The topological polar surface area (TPSA) is 38.0 Å². The summed E-state index contributed by atoms with van der Waals surface area (Å²) >= 11 is 5.65. The van der Waals surface area contributed by atoms with Crippen LogP contribution in [-0.4, -0.2) is 12.6 Å². The zero-order valence-electron chi connectivity index (χ0n) is 8.76. The average molecular weight is 231 g/mol. The summed E-state index contributed by atoms with van der Waals surface area (Å²) in [6.07, 6.45) is 0.926. The van der Waals surface area contributed by atoms with Gasteiger partial charge in [0, 0.05) is 12.6 Å². The smallest absolute Gasteiger partial charge is 0.141 e. The van der Waals surface area contributed by atoms with Crippen molar-refractivity contribution in [3.63, 3.8) is 0 Å². The fourth-order valence-corrected chi connectivity index (χ4v) is 1.42. The van der Waals surface area contributed by atoms with E-state index in [9.17, 15) is 4.39 Å². The van der Waals surface area contributed by atoms with Gasteiger partial charge in [-0.25, -0.2) is 4.39 Å². The van der Waals surface area contributed by atoms with E-state index in [1.807, 2.05) is 6.92 Å². The summed E-state index contributed by atoms with van der Waals surface area (Å²) in [5.74, 6) is -0.379. The van der Waals surface area contributed by atoms with E-state index in [4.69, 9.17) is 17.3 Å². The fraction of sp³-hybridized carbons (Fsp3) is 0.455. The summed E-state index contributed by atoms with van der Waals surface area (Å²) in [5.41, 5.74) is 6.58. The summed E-state index contributed by atoms with van der Waals surface area (Å²) in [7, 11) is 0. The molecule has 0 heterocycles. The maximum absolute atomic E-state index is 12.8. The molecule has 0 radical (unpaired) electrons. The molecule has 3 N–H and O–H groups in total. The van der Waals surface area contributed by atoms with Gasteiger partial charge in [-0.3, -0.25) is 0 Å². The van der Waals surface area contributed by atoms with E-state index in [0.29, 0.717) is 6.54 Å². The predicted octanol–water partition coefficient (Wildman–Crippen LogP) is 2.31. The lowest BCUT2D eigenvalue weighted by atomic mass is 10.2. The van der Waals surface area contributed by atoms with Crippen LogP contribution in [0.5, 0.6) is 0 Å². The molecule has 2 nitrogen and oxygen atoms in total. The van der Waals surface area contributed by atoms with E-state index in [1.54, 1.807) is 12.1 Å². The van der Waals surface area contributed by atoms with Crippen molar-refractivity contribution in [1.29, 1.82) is 0 Å². The van der Waals surface area contributed by atoms with Crippen molar-refractivity contribution in [1.82, 2.24) is 5.32 Å². The molecular weight excluding hydrogens is 215 g/mol. The lowest BCUT2D eigenvalue weighted by Crippen LogP contribution is -2.23. The fourth-order valence-electron chi connectivity index (χ4n) is 1.21. The molecule has 1 unspecified atom stereocenters. The van der Waals surface area contributed by atoms with Crippen LogP contribution in [-0.2, 0) is 6.54 Å². The van der Waals surface area contributed by atoms with E-state index >= 15 is 0 Å². The second-order valence-corrected chi connectivity index (χ2v) is 4.10. The van der Waals surface area contributed by atoms with Crippen molar-refractivity contribution in [3.05, 3.63) is 34.6 Å². The maximum atomic E-state index is 12.8.